The van der Waals surface area contributed by atoms with Crippen LogP contribution in [0.3, 0.4) is 0 Å². The van der Waals surface area contributed by atoms with Crippen LogP contribution in [-0.2, 0) is 9.53 Å². The minimum absolute atomic E-state index is 0.0301. The Morgan fingerprint density at radius 2 is 1.76 bits per heavy atom. The lowest BCUT2D eigenvalue weighted by molar-refractivity contribution is -0.142. The van der Waals surface area contributed by atoms with Gasteiger partial charge in [-0.15, -0.1) is 0 Å². The molecule has 4 saturated carbocycles. The molecule has 3 N–H and O–H groups in total. The molecule has 0 aromatic carbocycles. The predicted molar refractivity (Wildman–Crippen MR) is 80.6 cm³/mol. The number of nitrogens with two attached hydrogens (primary N) is 1. The lowest BCUT2D eigenvalue weighted by Gasteiger charge is -2.65. The number of hydrogen-bond donors (Lipinski definition) is 2. The second-order valence-electron chi connectivity index (χ2n) is 9.21. The molecule has 1 heterocycles. The van der Waals surface area contributed by atoms with Crippen molar-refractivity contribution in [2.24, 2.45) is 28.4 Å². The van der Waals surface area contributed by atoms with E-state index in [9.17, 15) is 4.79 Å². The van der Waals surface area contributed by atoms with Gasteiger partial charge < -0.3 is 15.8 Å². The maximum absolute atomic E-state index is 12.7. The van der Waals surface area contributed by atoms with Crippen LogP contribution in [0.2, 0.25) is 0 Å². The van der Waals surface area contributed by atoms with Crippen molar-refractivity contribution in [3.8, 4) is 0 Å². The van der Waals surface area contributed by atoms with E-state index in [-0.39, 0.29) is 23.4 Å². The molecule has 0 radical (unpaired) electrons. The monoisotopic (exact) mass is 292 g/mol. The number of hydrogen-bond acceptors (Lipinski definition) is 3. The maximum Gasteiger partial charge on any atom is 0.227 e. The van der Waals surface area contributed by atoms with E-state index in [1.54, 1.807) is 0 Å². The van der Waals surface area contributed by atoms with Crippen LogP contribution in [0.1, 0.15) is 52.4 Å². The highest BCUT2D eigenvalue weighted by Crippen LogP contribution is 2.66. The van der Waals surface area contributed by atoms with Gasteiger partial charge in [-0.25, -0.2) is 0 Å². The summed E-state index contributed by atoms with van der Waals surface area (Å²) in [6.45, 7) is 5.87. The molecule has 4 unspecified atom stereocenters. The second kappa shape index (κ2) is 4.23. The van der Waals surface area contributed by atoms with Gasteiger partial charge in [-0.3, -0.25) is 4.79 Å². The molecule has 0 aromatic rings. The van der Waals surface area contributed by atoms with Crippen molar-refractivity contribution in [1.82, 2.24) is 5.32 Å². The second-order valence-corrected chi connectivity index (χ2v) is 9.21. The molecule has 5 fully saturated rings. The van der Waals surface area contributed by atoms with E-state index in [1.165, 1.54) is 25.7 Å². The topological polar surface area (TPSA) is 64.3 Å². The highest BCUT2D eigenvalue weighted by atomic mass is 16.5. The average molecular weight is 292 g/mol. The number of amides is 1. The molecule has 0 aromatic heterocycles. The summed E-state index contributed by atoms with van der Waals surface area (Å²) in [5.41, 5.74) is 6.90. The number of rotatable bonds is 2. The highest BCUT2D eigenvalue weighted by Gasteiger charge is 2.60. The summed E-state index contributed by atoms with van der Waals surface area (Å²) in [4.78, 5) is 12.7. The van der Waals surface area contributed by atoms with E-state index in [4.69, 9.17) is 10.5 Å². The van der Waals surface area contributed by atoms with Gasteiger partial charge in [0.2, 0.25) is 5.91 Å². The molecule has 1 aliphatic heterocycles. The van der Waals surface area contributed by atoms with Crippen molar-refractivity contribution in [2.75, 3.05) is 13.2 Å². The first-order valence-corrected chi connectivity index (χ1v) is 8.46. The fourth-order valence-corrected chi connectivity index (χ4v) is 6.78. The molecule has 4 bridgehead atoms. The SMILES string of the molecule is CC12CC3CC(C)(C1)CC(NC(=O)C1COCC1N)(C3)C2. The lowest BCUT2D eigenvalue weighted by Crippen LogP contribution is -2.66. The van der Waals surface area contributed by atoms with Crippen LogP contribution in [0.5, 0.6) is 0 Å². The zero-order valence-electron chi connectivity index (χ0n) is 13.3. The standard InChI is InChI=1S/C17H28N2O2/c1-15-3-11-4-16(2,8-15)10-17(5-11,9-15)19-14(20)12-6-21-7-13(12)18/h11-13H,3-10,18H2,1-2H3,(H,19,20). The Morgan fingerprint density at radius 1 is 1.10 bits per heavy atom. The summed E-state index contributed by atoms with van der Waals surface area (Å²) in [7, 11) is 0. The van der Waals surface area contributed by atoms with Gasteiger partial charge in [0.25, 0.3) is 0 Å². The molecule has 21 heavy (non-hydrogen) atoms. The van der Waals surface area contributed by atoms with Crippen LogP contribution in [0.25, 0.3) is 0 Å². The quantitative estimate of drug-likeness (QED) is 0.816. The van der Waals surface area contributed by atoms with Crippen molar-refractivity contribution in [3.63, 3.8) is 0 Å². The summed E-state index contributed by atoms with van der Waals surface area (Å²) in [6.07, 6.45) is 7.52. The van der Waals surface area contributed by atoms with Crippen molar-refractivity contribution in [3.05, 3.63) is 0 Å². The van der Waals surface area contributed by atoms with Crippen LogP contribution in [0.4, 0.5) is 0 Å². The van der Waals surface area contributed by atoms with Gasteiger partial charge in [-0.05, 0) is 55.3 Å². The summed E-state index contributed by atoms with van der Waals surface area (Å²) < 4.78 is 5.37. The molecule has 0 spiro atoms. The Morgan fingerprint density at radius 3 is 2.29 bits per heavy atom. The Balaban J connectivity index is 1.56. The molecule has 1 amide bonds. The first kappa shape index (κ1) is 14.0. The van der Waals surface area contributed by atoms with E-state index in [1.807, 2.05) is 0 Å². The molecular weight excluding hydrogens is 264 g/mol. The van der Waals surface area contributed by atoms with E-state index in [2.05, 4.69) is 19.2 Å². The van der Waals surface area contributed by atoms with Gasteiger partial charge in [0.15, 0.2) is 0 Å². The van der Waals surface area contributed by atoms with Gasteiger partial charge in [-0.2, -0.15) is 0 Å². The highest BCUT2D eigenvalue weighted by molar-refractivity contribution is 5.80. The fourth-order valence-electron chi connectivity index (χ4n) is 6.78. The first-order chi connectivity index (χ1) is 9.81. The third-order valence-electron chi connectivity index (χ3n) is 6.48. The molecule has 118 valence electrons. The summed E-state index contributed by atoms with van der Waals surface area (Å²) in [5.74, 6) is 0.776. The van der Waals surface area contributed by atoms with Crippen LogP contribution in [-0.4, -0.2) is 30.7 Å². The third-order valence-corrected chi connectivity index (χ3v) is 6.48. The number of carbonyl (C=O) groups is 1. The van der Waals surface area contributed by atoms with Crippen molar-refractivity contribution in [1.29, 1.82) is 0 Å². The van der Waals surface area contributed by atoms with E-state index < -0.39 is 0 Å². The van der Waals surface area contributed by atoms with Crippen LogP contribution >= 0.6 is 0 Å². The van der Waals surface area contributed by atoms with E-state index >= 15 is 0 Å². The normalized spacial score (nSPS) is 54.9. The number of carbonyl (C=O) groups excluding carboxylic acids is 1. The van der Waals surface area contributed by atoms with Gasteiger partial charge in [0, 0.05) is 11.6 Å². The zero-order valence-corrected chi connectivity index (χ0v) is 13.3. The smallest absolute Gasteiger partial charge is 0.227 e. The predicted octanol–water partition coefficient (Wildman–Crippen LogP) is 1.83. The van der Waals surface area contributed by atoms with Gasteiger partial charge in [-0.1, -0.05) is 13.8 Å². The molecule has 5 aliphatic rings. The van der Waals surface area contributed by atoms with Gasteiger partial charge >= 0.3 is 0 Å². The molecule has 4 nitrogen and oxygen atoms in total. The van der Waals surface area contributed by atoms with Crippen LogP contribution < -0.4 is 11.1 Å². The van der Waals surface area contributed by atoms with Gasteiger partial charge in [0.05, 0.1) is 19.1 Å². The minimum Gasteiger partial charge on any atom is -0.379 e. The summed E-state index contributed by atoms with van der Waals surface area (Å²) in [6, 6.07) is -0.134. The minimum atomic E-state index is -0.154. The lowest BCUT2D eigenvalue weighted by atomic mass is 9.42. The van der Waals surface area contributed by atoms with E-state index in [0.29, 0.717) is 24.0 Å². The Kier molecular flexibility index (Phi) is 2.82. The fraction of sp³-hybridized carbons (Fsp3) is 0.941. The van der Waals surface area contributed by atoms with Crippen LogP contribution in [0.15, 0.2) is 0 Å². The molecular formula is C17H28N2O2. The molecule has 4 heteroatoms. The number of ether oxygens (including phenoxy) is 1. The Bertz CT molecular complexity index is 459. The maximum atomic E-state index is 12.7. The Labute approximate surface area is 127 Å². The molecule has 5 rings (SSSR count). The summed E-state index contributed by atoms with van der Waals surface area (Å²) in [5, 5.41) is 3.45. The Hall–Kier alpha value is -0.610. The van der Waals surface area contributed by atoms with Crippen LogP contribution in [0, 0.1) is 22.7 Å². The van der Waals surface area contributed by atoms with Gasteiger partial charge in [0.1, 0.15) is 0 Å². The zero-order chi connectivity index (χ0) is 14.9. The molecule has 4 atom stereocenters. The first-order valence-electron chi connectivity index (χ1n) is 8.46. The largest absolute Gasteiger partial charge is 0.379 e. The van der Waals surface area contributed by atoms with E-state index in [0.717, 1.165) is 18.8 Å². The molecule has 4 aliphatic carbocycles. The summed E-state index contributed by atoms with van der Waals surface area (Å²) >= 11 is 0. The van der Waals surface area contributed by atoms with Crippen molar-refractivity contribution >= 4 is 5.91 Å². The number of nitrogens with one attached hydrogen (secondary N) is 1. The average Bonchev–Trinajstić information content (AvgIpc) is 2.69. The van der Waals surface area contributed by atoms with Crippen molar-refractivity contribution in [2.45, 2.75) is 64.0 Å². The van der Waals surface area contributed by atoms with Crippen molar-refractivity contribution < 1.29 is 9.53 Å². The third kappa shape index (κ3) is 2.22. The molecule has 1 saturated heterocycles.